The molecule has 1 fully saturated rings. The highest BCUT2D eigenvalue weighted by atomic mass is 16.3. The van der Waals surface area contributed by atoms with Crippen molar-refractivity contribution in [3.63, 3.8) is 0 Å². The fourth-order valence-corrected chi connectivity index (χ4v) is 3.62. The molecular formula is C20H27N3O2. The zero-order valence-electron chi connectivity index (χ0n) is 14.9. The molecule has 1 unspecified atom stereocenters. The smallest absolute Gasteiger partial charge is 0.224 e. The Bertz CT molecular complexity index is 710. The van der Waals surface area contributed by atoms with Gasteiger partial charge in [-0.3, -0.25) is 9.48 Å². The van der Waals surface area contributed by atoms with Crippen molar-refractivity contribution in [3.8, 4) is 5.75 Å². The Morgan fingerprint density at radius 1 is 1.32 bits per heavy atom. The van der Waals surface area contributed by atoms with Crippen molar-refractivity contribution in [2.24, 2.45) is 0 Å². The number of rotatable bonds is 6. The number of hydrogen-bond acceptors (Lipinski definition) is 3. The van der Waals surface area contributed by atoms with E-state index in [-0.39, 0.29) is 5.91 Å². The lowest BCUT2D eigenvalue weighted by Gasteiger charge is -2.36. The van der Waals surface area contributed by atoms with E-state index in [4.69, 9.17) is 0 Å². The van der Waals surface area contributed by atoms with Crippen LogP contribution in [0.1, 0.15) is 43.4 Å². The van der Waals surface area contributed by atoms with Gasteiger partial charge in [-0.25, -0.2) is 0 Å². The number of hydrogen-bond donors (Lipinski definition) is 1. The Kier molecular flexibility index (Phi) is 5.74. The topological polar surface area (TPSA) is 58.4 Å². The van der Waals surface area contributed by atoms with E-state index in [1.165, 1.54) is 6.42 Å². The molecule has 1 aromatic heterocycles. The quantitative estimate of drug-likeness (QED) is 0.877. The molecule has 25 heavy (non-hydrogen) atoms. The third-order valence-electron chi connectivity index (χ3n) is 4.95. The van der Waals surface area contributed by atoms with E-state index in [2.05, 4.69) is 10.00 Å². The summed E-state index contributed by atoms with van der Waals surface area (Å²) < 4.78 is 1.85. The van der Waals surface area contributed by atoms with E-state index in [0.29, 0.717) is 24.8 Å². The van der Waals surface area contributed by atoms with Crippen LogP contribution < -0.4 is 0 Å². The summed E-state index contributed by atoms with van der Waals surface area (Å²) in [5.41, 5.74) is 2.11. The van der Waals surface area contributed by atoms with Crippen molar-refractivity contribution in [2.45, 2.75) is 58.0 Å². The Morgan fingerprint density at radius 3 is 2.96 bits per heavy atom. The first-order valence-electron chi connectivity index (χ1n) is 9.19. The molecule has 1 N–H and O–H groups in total. The van der Waals surface area contributed by atoms with E-state index >= 15 is 0 Å². The van der Waals surface area contributed by atoms with Gasteiger partial charge in [-0.1, -0.05) is 12.1 Å². The van der Waals surface area contributed by atoms with Gasteiger partial charge in [-0.2, -0.15) is 5.10 Å². The second-order valence-corrected chi connectivity index (χ2v) is 6.92. The van der Waals surface area contributed by atoms with Crippen LogP contribution >= 0.6 is 0 Å². The maximum absolute atomic E-state index is 12.7. The number of likely N-dealkylation sites (tertiary alicyclic amines) is 1. The molecule has 0 aliphatic carbocycles. The van der Waals surface area contributed by atoms with Gasteiger partial charge >= 0.3 is 0 Å². The number of aromatic hydroxyl groups is 1. The van der Waals surface area contributed by atoms with Gasteiger partial charge in [-0.05, 0) is 62.8 Å². The molecular weight excluding hydrogens is 314 g/mol. The number of carbonyl (C=O) groups is 1. The van der Waals surface area contributed by atoms with Gasteiger partial charge in [0.1, 0.15) is 5.75 Å². The molecule has 5 heteroatoms. The highest BCUT2D eigenvalue weighted by Crippen LogP contribution is 2.23. The monoisotopic (exact) mass is 341 g/mol. The molecule has 1 atom stereocenters. The molecule has 1 aliphatic heterocycles. The van der Waals surface area contributed by atoms with Crippen molar-refractivity contribution < 1.29 is 9.90 Å². The Balaban J connectivity index is 1.55. The Morgan fingerprint density at radius 2 is 2.20 bits per heavy atom. The number of carbonyl (C=O) groups excluding carboxylic acids is 1. The number of aryl methyl sites for hydroxylation is 3. The molecule has 2 heterocycles. The van der Waals surface area contributed by atoms with Gasteiger partial charge in [0.2, 0.25) is 5.91 Å². The van der Waals surface area contributed by atoms with Crippen LogP contribution in [0.2, 0.25) is 0 Å². The molecule has 0 saturated carbocycles. The van der Waals surface area contributed by atoms with Crippen molar-refractivity contribution in [1.82, 2.24) is 14.7 Å². The van der Waals surface area contributed by atoms with Crippen molar-refractivity contribution in [2.75, 3.05) is 6.54 Å². The minimum atomic E-state index is 0.230. The van der Waals surface area contributed by atoms with Crippen LogP contribution in [0.5, 0.6) is 5.75 Å². The fourth-order valence-electron chi connectivity index (χ4n) is 3.62. The number of aromatic nitrogens is 2. The summed E-state index contributed by atoms with van der Waals surface area (Å²) in [5, 5.41) is 14.0. The predicted octanol–water partition coefficient (Wildman–Crippen LogP) is 3.30. The molecule has 1 aromatic carbocycles. The molecule has 134 valence electrons. The van der Waals surface area contributed by atoms with Crippen LogP contribution in [0, 0.1) is 6.92 Å². The molecule has 0 radical (unpaired) electrons. The number of phenolic OH excluding ortho intramolecular Hbond substituents is 1. The van der Waals surface area contributed by atoms with Crippen LogP contribution in [-0.4, -0.2) is 38.3 Å². The molecule has 1 aliphatic rings. The molecule has 0 bridgehead atoms. The van der Waals surface area contributed by atoms with Gasteiger partial charge in [0.15, 0.2) is 0 Å². The number of piperidine rings is 1. The zero-order valence-corrected chi connectivity index (χ0v) is 14.9. The van der Waals surface area contributed by atoms with Gasteiger partial charge in [0, 0.05) is 31.7 Å². The minimum absolute atomic E-state index is 0.230. The summed E-state index contributed by atoms with van der Waals surface area (Å²) in [4.78, 5) is 14.8. The second-order valence-electron chi connectivity index (χ2n) is 6.92. The van der Waals surface area contributed by atoms with E-state index in [9.17, 15) is 9.90 Å². The summed E-state index contributed by atoms with van der Waals surface area (Å²) in [5.74, 6) is 0.539. The van der Waals surface area contributed by atoms with Crippen molar-refractivity contribution in [1.29, 1.82) is 0 Å². The van der Waals surface area contributed by atoms with Crippen LogP contribution in [0.3, 0.4) is 0 Å². The van der Waals surface area contributed by atoms with Crippen LogP contribution in [0.15, 0.2) is 36.5 Å². The molecule has 1 amide bonds. The molecule has 3 rings (SSSR count). The highest BCUT2D eigenvalue weighted by Gasteiger charge is 2.26. The van der Waals surface area contributed by atoms with Crippen molar-refractivity contribution >= 4 is 5.91 Å². The number of benzene rings is 1. The summed E-state index contributed by atoms with van der Waals surface area (Å²) in [6.45, 7) is 3.46. The SMILES string of the molecule is Cc1ccn(CCC(=O)N2CCCCC2CCc2cccc(O)c2)n1. The molecule has 1 saturated heterocycles. The summed E-state index contributed by atoms with van der Waals surface area (Å²) in [7, 11) is 0. The molecule has 5 nitrogen and oxygen atoms in total. The first-order chi connectivity index (χ1) is 12.1. The highest BCUT2D eigenvalue weighted by molar-refractivity contribution is 5.76. The normalized spacial score (nSPS) is 17.6. The zero-order chi connectivity index (χ0) is 17.6. The fraction of sp³-hybridized carbons (Fsp3) is 0.500. The number of amides is 1. The van der Waals surface area contributed by atoms with E-state index in [1.54, 1.807) is 6.07 Å². The number of phenols is 1. The average molecular weight is 341 g/mol. The Hall–Kier alpha value is -2.30. The van der Waals surface area contributed by atoms with E-state index in [1.807, 2.05) is 42.1 Å². The third-order valence-corrected chi connectivity index (χ3v) is 4.95. The van der Waals surface area contributed by atoms with Gasteiger partial charge in [-0.15, -0.1) is 0 Å². The van der Waals surface area contributed by atoms with Crippen LogP contribution in [0.25, 0.3) is 0 Å². The molecule has 0 spiro atoms. The van der Waals surface area contributed by atoms with Gasteiger partial charge in [0.05, 0.1) is 5.69 Å². The van der Waals surface area contributed by atoms with E-state index < -0.39 is 0 Å². The Labute approximate surface area is 149 Å². The van der Waals surface area contributed by atoms with Gasteiger partial charge in [0.25, 0.3) is 0 Å². The standard InChI is InChI=1S/C20H27N3O2/c1-16-10-13-22(21-16)14-11-20(25)23-12-3-2-6-18(23)9-8-17-5-4-7-19(24)15-17/h4-5,7,10,13,15,18,24H,2-3,6,8-9,11-12,14H2,1H3. The number of nitrogens with zero attached hydrogens (tertiary/aromatic N) is 3. The van der Waals surface area contributed by atoms with Crippen molar-refractivity contribution in [3.05, 3.63) is 47.8 Å². The summed E-state index contributed by atoms with van der Waals surface area (Å²) in [6, 6.07) is 9.69. The lowest BCUT2D eigenvalue weighted by atomic mass is 9.95. The predicted molar refractivity (Wildman–Crippen MR) is 97.4 cm³/mol. The lowest BCUT2D eigenvalue weighted by molar-refractivity contribution is -0.135. The average Bonchev–Trinajstić information content (AvgIpc) is 3.03. The second kappa shape index (κ2) is 8.19. The first kappa shape index (κ1) is 17.5. The van der Waals surface area contributed by atoms with Gasteiger partial charge < -0.3 is 10.0 Å². The lowest BCUT2D eigenvalue weighted by Crippen LogP contribution is -2.44. The summed E-state index contributed by atoms with van der Waals surface area (Å²) >= 11 is 0. The minimum Gasteiger partial charge on any atom is -0.508 e. The largest absolute Gasteiger partial charge is 0.508 e. The molecule has 2 aromatic rings. The maximum atomic E-state index is 12.7. The van der Waals surface area contributed by atoms with Crippen LogP contribution in [-0.2, 0) is 17.8 Å². The maximum Gasteiger partial charge on any atom is 0.224 e. The van der Waals surface area contributed by atoms with Crippen LogP contribution in [0.4, 0.5) is 0 Å². The van der Waals surface area contributed by atoms with E-state index in [0.717, 1.165) is 43.5 Å². The summed E-state index contributed by atoms with van der Waals surface area (Å²) in [6.07, 6.45) is 7.63. The third kappa shape index (κ3) is 4.84. The first-order valence-corrected chi connectivity index (χ1v) is 9.19.